The monoisotopic (exact) mass is 274 g/mol. The molecule has 7 heteroatoms. The number of amides is 2. The molecule has 3 N–H and O–H groups in total. The highest BCUT2D eigenvalue weighted by Crippen LogP contribution is 1.99. The molecule has 2 aromatic rings. The number of pyridine rings is 1. The number of aromatic amines is 1. The van der Waals surface area contributed by atoms with E-state index in [0.717, 1.165) is 5.69 Å². The first-order chi connectivity index (χ1) is 9.58. The van der Waals surface area contributed by atoms with E-state index < -0.39 is 11.5 Å². The van der Waals surface area contributed by atoms with Gasteiger partial charge in [0.1, 0.15) is 5.56 Å². The maximum absolute atomic E-state index is 11.7. The van der Waals surface area contributed by atoms with Gasteiger partial charge in [-0.15, -0.1) is 0 Å². The van der Waals surface area contributed by atoms with E-state index in [4.69, 9.17) is 0 Å². The second-order valence-electron chi connectivity index (χ2n) is 4.20. The summed E-state index contributed by atoms with van der Waals surface area (Å²) in [5, 5.41) is 0. The molecule has 0 atom stereocenters. The van der Waals surface area contributed by atoms with E-state index >= 15 is 0 Å². The van der Waals surface area contributed by atoms with Gasteiger partial charge >= 0.3 is 0 Å². The van der Waals surface area contributed by atoms with Crippen LogP contribution in [0.5, 0.6) is 0 Å². The number of aryl methyl sites for hydroxylation is 1. The summed E-state index contributed by atoms with van der Waals surface area (Å²) < 4.78 is 1.81. The topological polar surface area (TPSA) is 96.0 Å². The molecule has 0 aliphatic rings. The third-order valence-corrected chi connectivity index (χ3v) is 2.77. The normalized spacial score (nSPS) is 10.1. The number of hydrogen-bond donors (Lipinski definition) is 3. The van der Waals surface area contributed by atoms with E-state index in [9.17, 15) is 14.4 Å². The van der Waals surface area contributed by atoms with Crippen LogP contribution in [0.25, 0.3) is 0 Å². The van der Waals surface area contributed by atoms with Crippen LogP contribution in [0.15, 0.2) is 41.5 Å². The number of carbonyl (C=O) groups excluding carboxylic acids is 2. The molecule has 0 bridgehead atoms. The van der Waals surface area contributed by atoms with Crippen molar-refractivity contribution in [3.8, 4) is 0 Å². The third kappa shape index (κ3) is 3.14. The highest BCUT2D eigenvalue weighted by molar-refractivity contribution is 5.95. The molecular weight excluding hydrogens is 260 g/mol. The lowest BCUT2D eigenvalue weighted by Gasteiger charge is -2.07. The fourth-order valence-electron chi connectivity index (χ4n) is 1.68. The van der Waals surface area contributed by atoms with Gasteiger partial charge in [0.15, 0.2) is 0 Å². The van der Waals surface area contributed by atoms with Crippen molar-refractivity contribution in [3.63, 3.8) is 0 Å². The third-order valence-electron chi connectivity index (χ3n) is 2.77. The number of nitrogens with zero attached hydrogens (tertiary/aromatic N) is 1. The minimum absolute atomic E-state index is 0.0633. The lowest BCUT2D eigenvalue weighted by Crippen LogP contribution is -2.44. The maximum Gasteiger partial charge on any atom is 0.275 e. The summed E-state index contributed by atoms with van der Waals surface area (Å²) in [6, 6.07) is 6.54. The van der Waals surface area contributed by atoms with Gasteiger partial charge in [-0.1, -0.05) is 0 Å². The first kappa shape index (κ1) is 13.6. The molecule has 0 unspecified atom stereocenters. The number of aromatic nitrogens is 2. The Bertz CT molecular complexity index is 687. The first-order valence-electron chi connectivity index (χ1n) is 5.95. The van der Waals surface area contributed by atoms with Crippen molar-refractivity contribution in [1.29, 1.82) is 0 Å². The molecule has 20 heavy (non-hydrogen) atoms. The lowest BCUT2D eigenvalue weighted by molar-refractivity contribution is -0.121. The molecule has 0 saturated carbocycles. The molecule has 104 valence electrons. The Labute approximate surface area is 114 Å². The Kier molecular flexibility index (Phi) is 3.99. The Hall–Kier alpha value is -2.83. The SMILES string of the molecule is Cn1cccc1CC(=O)NNC(=O)c1ccc[nH]c1=O. The number of hydrazine groups is 1. The van der Waals surface area contributed by atoms with Gasteiger partial charge in [-0.25, -0.2) is 0 Å². The average Bonchev–Trinajstić information content (AvgIpc) is 2.82. The molecule has 2 amide bonds. The van der Waals surface area contributed by atoms with E-state index in [-0.39, 0.29) is 17.9 Å². The van der Waals surface area contributed by atoms with E-state index in [1.807, 2.05) is 29.9 Å². The van der Waals surface area contributed by atoms with Crippen LogP contribution >= 0.6 is 0 Å². The van der Waals surface area contributed by atoms with Crippen LogP contribution in [0.1, 0.15) is 16.1 Å². The van der Waals surface area contributed by atoms with Crippen LogP contribution in [0.3, 0.4) is 0 Å². The molecule has 0 saturated heterocycles. The van der Waals surface area contributed by atoms with Crippen molar-refractivity contribution in [3.05, 3.63) is 58.3 Å². The van der Waals surface area contributed by atoms with Crippen LogP contribution in [0.2, 0.25) is 0 Å². The second kappa shape index (κ2) is 5.87. The van der Waals surface area contributed by atoms with E-state index in [1.165, 1.54) is 18.3 Å². The Morgan fingerprint density at radius 1 is 1.25 bits per heavy atom. The number of rotatable bonds is 3. The van der Waals surface area contributed by atoms with E-state index in [1.54, 1.807) is 0 Å². The standard InChI is InChI=1S/C13H14N4O3/c1-17-7-3-4-9(17)8-11(18)15-16-13(20)10-5-2-6-14-12(10)19/h2-7H,8H2,1H3,(H,14,19)(H,15,18)(H,16,20). The predicted molar refractivity (Wildman–Crippen MR) is 71.8 cm³/mol. The Morgan fingerprint density at radius 3 is 2.70 bits per heavy atom. The van der Waals surface area contributed by atoms with Crippen LogP contribution in [0.4, 0.5) is 0 Å². The summed E-state index contributed by atoms with van der Waals surface area (Å²) in [6.07, 6.45) is 3.38. The zero-order chi connectivity index (χ0) is 14.5. The quantitative estimate of drug-likeness (QED) is 0.671. The molecule has 0 spiro atoms. The number of H-pyrrole nitrogens is 1. The number of hydrogen-bond acceptors (Lipinski definition) is 3. The van der Waals surface area contributed by atoms with E-state index in [2.05, 4.69) is 15.8 Å². The summed E-state index contributed by atoms with van der Waals surface area (Å²) in [5.41, 5.74) is 4.71. The summed E-state index contributed by atoms with van der Waals surface area (Å²) in [4.78, 5) is 37.1. The molecule has 0 radical (unpaired) electrons. The molecule has 7 nitrogen and oxygen atoms in total. The molecule has 0 aromatic carbocycles. The van der Waals surface area contributed by atoms with Crippen LogP contribution in [0, 0.1) is 0 Å². The van der Waals surface area contributed by atoms with Gasteiger partial charge in [-0.05, 0) is 24.3 Å². The predicted octanol–water partition coefficient (Wildman–Crippen LogP) is -0.283. The van der Waals surface area contributed by atoms with Gasteiger partial charge < -0.3 is 9.55 Å². The molecular formula is C13H14N4O3. The molecule has 2 aromatic heterocycles. The Morgan fingerprint density at radius 2 is 2.05 bits per heavy atom. The van der Waals surface area contributed by atoms with Gasteiger partial charge in [0.2, 0.25) is 5.91 Å². The summed E-state index contributed by atoms with van der Waals surface area (Å²) in [6.45, 7) is 0. The van der Waals surface area contributed by atoms with E-state index in [0.29, 0.717) is 0 Å². The van der Waals surface area contributed by atoms with Crippen molar-refractivity contribution >= 4 is 11.8 Å². The van der Waals surface area contributed by atoms with Crippen molar-refractivity contribution < 1.29 is 9.59 Å². The summed E-state index contributed by atoms with van der Waals surface area (Å²) in [5.74, 6) is -1.03. The lowest BCUT2D eigenvalue weighted by atomic mass is 10.3. The fourth-order valence-corrected chi connectivity index (χ4v) is 1.68. The van der Waals surface area contributed by atoms with Crippen molar-refractivity contribution in [2.45, 2.75) is 6.42 Å². The minimum Gasteiger partial charge on any atom is -0.354 e. The molecule has 0 aliphatic carbocycles. The summed E-state index contributed by atoms with van der Waals surface area (Å²) >= 11 is 0. The van der Waals surface area contributed by atoms with Crippen LogP contribution in [-0.4, -0.2) is 21.4 Å². The highest BCUT2D eigenvalue weighted by Gasteiger charge is 2.11. The zero-order valence-corrected chi connectivity index (χ0v) is 10.8. The van der Waals surface area contributed by atoms with Gasteiger partial charge in [0, 0.05) is 25.1 Å². The van der Waals surface area contributed by atoms with Gasteiger partial charge in [0.25, 0.3) is 11.5 Å². The zero-order valence-electron chi connectivity index (χ0n) is 10.8. The van der Waals surface area contributed by atoms with Crippen molar-refractivity contribution in [2.75, 3.05) is 0 Å². The van der Waals surface area contributed by atoms with Crippen LogP contribution in [-0.2, 0) is 18.3 Å². The minimum atomic E-state index is -0.660. The molecule has 2 heterocycles. The van der Waals surface area contributed by atoms with Gasteiger partial charge in [0.05, 0.1) is 6.42 Å². The highest BCUT2D eigenvalue weighted by atomic mass is 16.2. The summed E-state index contributed by atoms with van der Waals surface area (Å²) in [7, 11) is 1.82. The van der Waals surface area contributed by atoms with Gasteiger partial charge in [-0.3, -0.25) is 25.2 Å². The van der Waals surface area contributed by atoms with Crippen molar-refractivity contribution in [2.24, 2.45) is 7.05 Å². The second-order valence-corrected chi connectivity index (χ2v) is 4.20. The smallest absolute Gasteiger partial charge is 0.275 e. The largest absolute Gasteiger partial charge is 0.354 e. The average molecular weight is 274 g/mol. The number of carbonyl (C=O) groups is 2. The van der Waals surface area contributed by atoms with Crippen molar-refractivity contribution in [1.82, 2.24) is 20.4 Å². The first-order valence-corrected chi connectivity index (χ1v) is 5.95. The fraction of sp³-hybridized carbons (Fsp3) is 0.154. The maximum atomic E-state index is 11.7. The molecule has 0 fully saturated rings. The Balaban J connectivity index is 1.91. The van der Waals surface area contributed by atoms with Gasteiger partial charge in [-0.2, -0.15) is 0 Å². The van der Waals surface area contributed by atoms with Crippen LogP contribution < -0.4 is 16.4 Å². The number of nitrogens with one attached hydrogen (secondary N) is 3. The molecule has 0 aliphatic heterocycles. The molecule has 2 rings (SSSR count).